The zero-order chi connectivity index (χ0) is 12.0. The molecule has 1 unspecified atom stereocenters. The molecule has 0 aromatic carbocycles. The van der Waals surface area contributed by atoms with Gasteiger partial charge in [-0.1, -0.05) is 6.92 Å². The topological polar surface area (TPSA) is 24.9 Å². The van der Waals surface area contributed by atoms with Crippen LogP contribution >= 0.6 is 11.3 Å². The summed E-state index contributed by atoms with van der Waals surface area (Å²) in [5.74, 6) is 0. The van der Waals surface area contributed by atoms with Gasteiger partial charge in [-0.2, -0.15) is 13.2 Å². The molecule has 0 amide bonds. The van der Waals surface area contributed by atoms with Gasteiger partial charge < -0.3 is 5.32 Å². The quantitative estimate of drug-likeness (QED) is 0.837. The number of aromatic nitrogens is 1. The van der Waals surface area contributed by atoms with Crippen molar-refractivity contribution in [2.75, 3.05) is 6.54 Å². The summed E-state index contributed by atoms with van der Waals surface area (Å²) in [5, 5.41) is 5.02. The average molecular weight is 252 g/mol. The third-order valence-electron chi connectivity index (χ3n) is 2.21. The lowest BCUT2D eigenvalue weighted by Gasteiger charge is -2.16. The fourth-order valence-electron chi connectivity index (χ4n) is 1.50. The minimum absolute atomic E-state index is 0.0569. The Morgan fingerprint density at radius 1 is 1.50 bits per heavy atom. The molecule has 2 nitrogen and oxygen atoms in total. The van der Waals surface area contributed by atoms with Crippen LogP contribution in [0.1, 0.15) is 37.9 Å². The molecule has 0 aliphatic carbocycles. The third-order valence-corrected chi connectivity index (χ3v) is 2.82. The number of nitrogens with zero attached hydrogens (tertiary/aromatic N) is 1. The van der Waals surface area contributed by atoms with E-state index in [0.717, 1.165) is 12.2 Å². The maximum atomic E-state index is 12.0. The normalized spacial score (nSPS) is 14.0. The molecule has 0 radical (unpaired) electrons. The standard InChI is InChI=1S/C10H15F3N2S/c1-2-14-8(9-6-16-7-15-9)4-3-5-10(11,12)13/h6-8,14H,2-5H2,1H3. The summed E-state index contributed by atoms with van der Waals surface area (Å²) in [4.78, 5) is 4.13. The highest BCUT2D eigenvalue weighted by atomic mass is 32.1. The maximum Gasteiger partial charge on any atom is 0.389 e. The summed E-state index contributed by atoms with van der Waals surface area (Å²) >= 11 is 1.46. The van der Waals surface area contributed by atoms with Crippen LogP contribution in [0.4, 0.5) is 13.2 Å². The first-order valence-electron chi connectivity index (χ1n) is 5.21. The van der Waals surface area contributed by atoms with Gasteiger partial charge in [-0.15, -0.1) is 11.3 Å². The van der Waals surface area contributed by atoms with Crippen LogP contribution in [-0.4, -0.2) is 17.7 Å². The number of rotatable bonds is 6. The Balaban J connectivity index is 2.41. The van der Waals surface area contributed by atoms with Gasteiger partial charge in [-0.05, 0) is 19.4 Å². The summed E-state index contributed by atoms with van der Waals surface area (Å²) in [7, 11) is 0. The molecule has 1 heterocycles. The minimum atomic E-state index is -4.06. The van der Waals surface area contributed by atoms with Crippen molar-refractivity contribution in [2.24, 2.45) is 0 Å². The van der Waals surface area contributed by atoms with Gasteiger partial charge in [0.1, 0.15) is 0 Å². The average Bonchev–Trinajstić information content (AvgIpc) is 2.67. The molecule has 0 saturated carbocycles. The van der Waals surface area contributed by atoms with Crippen LogP contribution in [0.5, 0.6) is 0 Å². The monoisotopic (exact) mass is 252 g/mol. The molecular weight excluding hydrogens is 237 g/mol. The highest BCUT2D eigenvalue weighted by molar-refractivity contribution is 7.07. The smallest absolute Gasteiger partial charge is 0.309 e. The van der Waals surface area contributed by atoms with Crippen LogP contribution in [0, 0.1) is 0 Å². The van der Waals surface area contributed by atoms with Crippen LogP contribution < -0.4 is 5.32 Å². The SMILES string of the molecule is CCNC(CCCC(F)(F)F)c1cscn1. The van der Waals surface area contributed by atoms with Crippen molar-refractivity contribution in [3.8, 4) is 0 Å². The van der Waals surface area contributed by atoms with Crippen molar-refractivity contribution < 1.29 is 13.2 Å². The molecule has 1 aromatic heterocycles. The number of alkyl halides is 3. The van der Waals surface area contributed by atoms with Gasteiger partial charge in [0.2, 0.25) is 0 Å². The predicted octanol–water partition coefficient (Wildman–Crippen LogP) is 3.53. The lowest BCUT2D eigenvalue weighted by molar-refractivity contribution is -0.135. The largest absolute Gasteiger partial charge is 0.389 e. The van der Waals surface area contributed by atoms with Gasteiger partial charge in [0, 0.05) is 11.8 Å². The van der Waals surface area contributed by atoms with E-state index < -0.39 is 12.6 Å². The van der Waals surface area contributed by atoms with Gasteiger partial charge in [0.15, 0.2) is 0 Å². The zero-order valence-electron chi connectivity index (χ0n) is 9.05. The molecule has 6 heteroatoms. The number of hydrogen-bond acceptors (Lipinski definition) is 3. The fourth-order valence-corrected chi connectivity index (χ4v) is 2.11. The molecule has 16 heavy (non-hydrogen) atoms. The second-order valence-electron chi connectivity index (χ2n) is 3.53. The third kappa shape index (κ3) is 4.94. The molecule has 0 fully saturated rings. The Hall–Kier alpha value is -0.620. The molecule has 1 atom stereocenters. The molecule has 0 aliphatic rings. The van der Waals surface area contributed by atoms with Gasteiger partial charge in [0.05, 0.1) is 17.2 Å². The molecule has 1 N–H and O–H groups in total. The van der Waals surface area contributed by atoms with Crippen LogP contribution in [0.15, 0.2) is 10.9 Å². The molecule has 0 saturated heterocycles. The Morgan fingerprint density at radius 3 is 2.75 bits per heavy atom. The summed E-state index contributed by atoms with van der Waals surface area (Å²) in [5.41, 5.74) is 2.54. The Bertz CT molecular complexity index is 285. The van der Waals surface area contributed by atoms with Crippen molar-refractivity contribution in [1.82, 2.24) is 10.3 Å². The molecule has 0 bridgehead atoms. The van der Waals surface area contributed by atoms with E-state index >= 15 is 0 Å². The van der Waals surface area contributed by atoms with Gasteiger partial charge in [-0.3, -0.25) is 0 Å². The number of halogens is 3. The van der Waals surface area contributed by atoms with Gasteiger partial charge in [0.25, 0.3) is 0 Å². The first kappa shape index (κ1) is 13.4. The van der Waals surface area contributed by atoms with E-state index in [1.54, 1.807) is 5.51 Å². The molecule has 0 spiro atoms. The van der Waals surface area contributed by atoms with Crippen molar-refractivity contribution in [1.29, 1.82) is 0 Å². The first-order valence-corrected chi connectivity index (χ1v) is 6.15. The first-order chi connectivity index (χ1) is 7.53. The highest BCUT2D eigenvalue weighted by Crippen LogP contribution is 2.26. The lowest BCUT2D eigenvalue weighted by atomic mass is 10.1. The molecule has 92 valence electrons. The predicted molar refractivity (Wildman–Crippen MR) is 58.4 cm³/mol. The summed E-state index contributed by atoms with van der Waals surface area (Å²) < 4.78 is 36.0. The number of hydrogen-bond donors (Lipinski definition) is 1. The van der Waals surface area contributed by atoms with Crippen LogP contribution in [0.2, 0.25) is 0 Å². The Morgan fingerprint density at radius 2 is 2.25 bits per heavy atom. The van der Waals surface area contributed by atoms with E-state index in [4.69, 9.17) is 0 Å². The zero-order valence-corrected chi connectivity index (χ0v) is 9.87. The van der Waals surface area contributed by atoms with Crippen LogP contribution in [0.3, 0.4) is 0 Å². The van der Waals surface area contributed by atoms with E-state index in [2.05, 4.69) is 10.3 Å². The molecule has 1 rings (SSSR count). The van der Waals surface area contributed by atoms with Crippen molar-refractivity contribution in [2.45, 2.75) is 38.4 Å². The summed E-state index contributed by atoms with van der Waals surface area (Å²) in [6.45, 7) is 2.66. The Labute approximate surface area is 96.9 Å². The van der Waals surface area contributed by atoms with E-state index in [-0.39, 0.29) is 12.5 Å². The van der Waals surface area contributed by atoms with E-state index in [1.165, 1.54) is 11.3 Å². The molecule has 1 aromatic rings. The molecule has 0 aliphatic heterocycles. The van der Waals surface area contributed by atoms with Gasteiger partial charge in [-0.25, -0.2) is 4.98 Å². The minimum Gasteiger partial charge on any atom is -0.309 e. The van der Waals surface area contributed by atoms with Crippen LogP contribution in [0.25, 0.3) is 0 Å². The van der Waals surface area contributed by atoms with Gasteiger partial charge >= 0.3 is 6.18 Å². The van der Waals surface area contributed by atoms with E-state index in [0.29, 0.717) is 6.42 Å². The second-order valence-corrected chi connectivity index (χ2v) is 4.25. The van der Waals surface area contributed by atoms with E-state index in [9.17, 15) is 13.2 Å². The molecular formula is C10H15F3N2S. The summed E-state index contributed by atoms with van der Waals surface area (Å²) in [6.07, 6.45) is -4.17. The number of thiazole rings is 1. The summed E-state index contributed by atoms with van der Waals surface area (Å²) in [6, 6.07) is -0.0569. The van der Waals surface area contributed by atoms with E-state index in [1.807, 2.05) is 12.3 Å². The van der Waals surface area contributed by atoms with Crippen LogP contribution in [-0.2, 0) is 0 Å². The fraction of sp³-hybridized carbons (Fsp3) is 0.700. The second kappa shape index (κ2) is 6.20. The van der Waals surface area contributed by atoms with Crippen molar-refractivity contribution in [3.63, 3.8) is 0 Å². The van der Waals surface area contributed by atoms with Crippen molar-refractivity contribution in [3.05, 3.63) is 16.6 Å². The maximum absolute atomic E-state index is 12.0. The Kier molecular flexibility index (Phi) is 5.21. The van der Waals surface area contributed by atoms with Crippen molar-refractivity contribution >= 4 is 11.3 Å². The number of nitrogens with one attached hydrogen (secondary N) is 1. The lowest BCUT2D eigenvalue weighted by Crippen LogP contribution is -2.21. The highest BCUT2D eigenvalue weighted by Gasteiger charge is 2.27.